The van der Waals surface area contributed by atoms with Crippen LogP contribution in [0.1, 0.15) is 22.5 Å². The molecule has 1 heterocycles. The summed E-state index contributed by atoms with van der Waals surface area (Å²) in [6.07, 6.45) is 1.69. The van der Waals surface area contributed by atoms with Crippen LogP contribution < -0.4 is 0 Å². The van der Waals surface area contributed by atoms with Gasteiger partial charge in [0.1, 0.15) is 11.5 Å². The van der Waals surface area contributed by atoms with E-state index in [-0.39, 0.29) is 5.69 Å². The highest BCUT2D eigenvalue weighted by Crippen LogP contribution is 2.29. The molecular formula is C21H16N2O3. The van der Waals surface area contributed by atoms with Crippen LogP contribution >= 0.6 is 0 Å². The van der Waals surface area contributed by atoms with Gasteiger partial charge < -0.3 is 4.42 Å². The molecule has 0 bridgehead atoms. The van der Waals surface area contributed by atoms with Crippen molar-refractivity contribution in [3.05, 3.63) is 87.2 Å². The van der Waals surface area contributed by atoms with Crippen molar-refractivity contribution in [2.24, 2.45) is 0 Å². The third-order valence-corrected chi connectivity index (χ3v) is 4.08. The lowest BCUT2D eigenvalue weighted by Gasteiger charge is -2.02. The molecule has 128 valence electrons. The summed E-state index contributed by atoms with van der Waals surface area (Å²) in [6, 6.07) is 18.1. The maximum atomic E-state index is 10.9. The van der Waals surface area contributed by atoms with Gasteiger partial charge in [-0.3, -0.25) is 10.1 Å². The van der Waals surface area contributed by atoms with Gasteiger partial charge in [-0.1, -0.05) is 29.8 Å². The highest BCUT2D eigenvalue weighted by atomic mass is 16.6. The first kappa shape index (κ1) is 17.2. The summed E-state index contributed by atoms with van der Waals surface area (Å²) < 4.78 is 5.83. The number of nitriles is 1. The van der Waals surface area contributed by atoms with Crippen molar-refractivity contribution in [2.75, 3.05) is 0 Å². The molecule has 0 atom stereocenters. The Hall–Kier alpha value is -3.65. The van der Waals surface area contributed by atoms with Crippen molar-refractivity contribution < 1.29 is 9.34 Å². The van der Waals surface area contributed by atoms with Crippen molar-refractivity contribution in [2.45, 2.75) is 13.8 Å². The Labute approximate surface area is 151 Å². The van der Waals surface area contributed by atoms with Crippen LogP contribution in [0.25, 0.3) is 23.0 Å². The Kier molecular flexibility index (Phi) is 4.68. The van der Waals surface area contributed by atoms with E-state index in [2.05, 4.69) is 6.07 Å². The molecule has 0 aliphatic carbocycles. The molecule has 0 spiro atoms. The number of hydrogen-bond donors (Lipinski definition) is 0. The predicted octanol–water partition coefficient (Wildman–Crippen LogP) is 5.54. The molecule has 3 aromatic rings. The van der Waals surface area contributed by atoms with Gasteiger partial charge >= 0.3 is 0 Å². The fraction of sp³-hybridized carbons (Fsp3) is 0.0952. The van der Waals surface area contributed by atoms with E-state index in [0.29, 0.717) is 17.1 Å². The molecule has 0 amide bonds. The Morgan fingerprint density at radius 1 is 1.12 bits per heavy atom. The number of benzene rings is 2. The molecule has 2 aromatic carbocycles. The Morgan fingerprint density at radius 3 is 2.46 bits per heavy atom. The highest BCUT2D eigenvalue weighted by molar-refractivity contribution is 5.89. The van der Waals surface area contributed by atoms with Crippen LogP contribution in [0.5, 0.6) is 0 Å². The van der Waals surface area contributed by atoms with Crippen LogP contribution in [0.15, 0.2) is 59.0 Å². The van der Waals surface area contributed by atoms with Crippen LogP contribution in [0.3, 0.4) is 0 Å². The molecule has 0 radical (unpaired) electrons. The number of nitrogens with zero attached hydrogens (tertiary/aromatic N) is 2. The van der Waals surface area contributed by atoms with Crippen molar-refractivity contribution in [3.8, 4) is 17.4 Å². The molecule has 1 aromatic heterocycles. The zero-order valence-corrected chi connectivity index (χ0v) is 14.4. The fourth-order valence-electron chi connectivity index (χ4n) is 2.67. The van der Waals surface area contributed by atoms with E-state index in [0.717, 1.165) is 22.3 Å². The summed E-state index contributed by atoms with van der Waals surface area (Å²) in [7, 11) is 0. The van der Waals surface area contributed by atoms with Crippen molar-refractivity contribution in [3.63, 3.8) is 0 Å². The maximum Gasteiger partial charge on any atom is 0.269 e. The smallest absolute Gasteiger partial charge is 0.269 e. The van der Waals surface area contributed by atoms with Gasteiger partial charge in [-0.05, 0) is 49.2 Å². The van der Waals surface area contributed by atoms with Crippen molar-refractivity contribution in [1.29, 1.82) is 5.26 Å². The minimum Gasteiger partial charge on any atom is -0.457 e. The first-order valence-corrected chi connectivity index (χ1v) is 8.02. The van der Waals surface area contributed by atoms with Gasteiger partial charge in [0.15, 0.2) is 0 Å². The molecule has 0 saturated heterocycles. The van der Waals surface area contributed by atoms with Crippen LogP contribution in [0, 0.1) is 35.3 Å². The fourth-order valence-corrected chi connectivity index (χ4v) is 2.67. The molecule has 0 unspecified atom stereocenters. The first-order valence-electron chi connectivity index (χ1n) is 8.02. The second-order valence-electron chi connectivity index (χ2n) is 5.99. The lowest BCUT2D eigenvalue weighted by Crippen LogP contribution is -1.89. The van der Waals surface area contributed by atoms with Crippen molar-refractivity contribution >= 4 is 17.3 Å². The van der Waals surface area contributed by atoms with E-state index in [1.165, 1.54) is 12.1 Å². The number of aryl methyl sites for hydroxylation is 2. The number of nitro benzene ring substituents is 1. The van der Waals surface area contributed by atoms with Gasteiger partial charge in [0.05, 0.1) is 16.6 Å². The SMILES string of the molecule is Cc1ccc(/C(C#N)=C/c2ccc(-c3ccc([N+](=O)[O-])cc3C)o2)cc1. The van der Waals surface area contributed by atoms with Gasteiger partial charge in [-0.25, -0.2) is 0 Å². The lowest BCUT2D eigenvalue weighted by molar-refractivity contribution is -0.384. The van der Waals surface area contributed by atoms with Crippen molar-refractivity contribution in [1.82, 2.24) is 0 Å². The van der Waals surface area contributed by atoms with E-state index >= 15 is 0 Å². The van der Waals surface area contributed by atoms with Crippen LogP contribution in [0.2, 0.25) is 0 Å². The van der Waals surface area contributed by atoms with E-state index in [9.17, 15) is 15.4 Å². The third kappa shape index (κ3) is 3.55. The number of rotatable bonds is 4. The van der Waals surface area contributed by atoms with Crippen LogP contribution in [0.4, 0.5) is 5.69 Å². The topological polar surface area (TPSA) is 80.1 Å². The molecule has 0 saturated carbocycles. The largest absolute Gasteiger partial charge is 0.457 e. The molecule has 0 aliphatic rings. The maximum absolute atomic E-state index is 10.9. The van der Waals surface area contributed by atoms with Gasteiger partial charge in [-0.15, -0.1) is 0 Å². The minimum absolute atomic E-state index is 0.0454. The molecule has 26 heavy (non-hydrogen) atoms. The molecule has 0 aliphatic heterocycles. The zero-order chi connectivity index (χ0) is 18.7. The average molecular weight is 344 g/mol. The number of hydrogen-bond acceptors (Lipinski definition) is 4. The van der Waals surface area contributed by atoms with Gasteiger partial charge in [0.2, 0.25) is 0 Å². The van der Waals surface area contributed by atoms with E-state index < -0.39 is 4.92 Å². The zero-order valence-electron chi connectivity index (χ0n) is 14.4. The van der Waals surface area contributed by atoms with Gasteiger partial charge in [-0.2, -0.15) is 5.26 Å². The summed E-state index contributed by atoms with van der Waals surface area (Å²) in [5.74, 6) is 1.15. The molecule has 0 N–H and O–H groups in total. The van der Waals surface area contributed by atoms with Gasteiger partial charge in [0, 0.05) is 17.7 Å². The van der Waals surface area contributed by atoms with E-state index in [4.69, 9.17) is 4.42 Å². The minimum atomic E-state index is -0.423. The first-order chi connectivity index (χ1) is 12.5. The Bertz CT molecular complexity index is 1040. The predicted molar refractivity (Wildman–Crippen MR) is 100 cm³/mol. The summed E-state index contributed by atoms with van der Waals surface area (Å²) in [5.41, 5.74) is 4.03. The molecule has 0 fully saturated rings. The Morgan fingerprint density at radius 2 is 1.85 bits per heavy atom. The second-order valence-corrected chi connectivity index (χ2v) is 5.99. The number of nitro groups is 1. The summed E-state index contributed by atoms with van der Waals surface area (Å²) in [4.78, 5) is 10.4. The van der Waals surface area contributed by atoms with Crippen LogP contribution in [-0.4, -0.2) is 4.92 Å². The molecular weight excluding hydrogens is 328 g/mol. The number of furan rings is 1. The number of non-ortho nitro benzene ring substituents is 1. The van der Waals surface area contributed by atoms with Crippen LogP contribution in [-0.2, 0) is 0 Å². The lowest BCUT2D eigenvalue weighted by atomic mass is 10.0. The number of allylic oxidation sites excluding steroid dienone is 1. The van der Waals surface area contributed by atoms with Gasteiger partial charge in [0.25, 0.3) is 5.69 Å². The van der Waals surface area contributed by atoms with E-state index in [1.807, 2.05) is 31.2 Å². The monoisotopic (exact) mass is 344 g/mol. The Balaban J connectivity index is 1.93. The normalized spacial score (nSPS) is 11.2. The summed E-state index contributed by atoms with van der Waals surface area (Å²) in [6.45, 7) is 3.79. The standard InChI is InChI=1S/C21H16N2O3/c1-14-3-5-16(6-4-14)17(13-22)12-19-8-10-21(26-19)20-9-7-18(23(24)25)11-15(20)2/h3-12H,1-2H3/b17-12+. The summed E-state index contributed by atoms with van der Waals surface area (Å²) >= 11 is 0. The van der Waals surface area contributed by atoms with E-state index in [1.54, 1.807) is 31.2 Å². The average Bonchev–Trinajstić information content (AvgIpc) is 3.08. The quantitative estimate of drug-likeness (QED) is 0.354. The third-order valence-electron chi connectivity index (χ3n) is 4.08. The highest BCUT2D eigenvalue weighted by Gasteiger charge is 2.12. The molecule has 3 rings (SSSR count). The second kappa shape index (κ2) is 7.08. The summed E-state index contributed by atoms with van der Waals surface area (Å²) in [5, 5.41) is 20.3. The molecule has 5 nitrogen and oxygen atoms in total. The molecule has 5 heteroatoms.